The van der Waals surface area contributed by atoms with E-state index in [-0.39, 0.29) is 23.3 Å². The third kappa shape index (κ3) is 3.44. The Labute approximate surface area is 131 Å². The van der Waals surface area contributed by atoms with E-state index in [9.17, 15) is 9.59 Å². The molecule has 0 aromatic carbocycles. The number of methoxy groups -OCH3 is 1. The lowest BCUT2D eigenvalue weighted by atomic mass is 10.3. The normalized spacial score (nSPS) is 17.1. The molecular formula is C14H15N5O4. The van der Waals surface area contributed by atoms with Crippen molar-refractivity contribution in [3.05, 3.63) is 40.3 Å². The second kappa shape index (κ2) is 6.42. The minimum atomic E-state index is -0.345. The summed E-state index contributed by atoms with van der Waals surface area (Å²) in [6.45, 7) is 0.973. The first kappa shape index (κ1) is 14.9. The van der Waals surface area contributed by atoms with Crippen molar-refractivity contribution in [2.75, 3.05) is 20.2 Å². The summed E-state index contributed by atoms with van der Waals surface area (Å²) in [7, 11) is 1.51. The number of likely N-dealkylation sites (tertiary alicyclic amines) is 1. The molecule has 2 aromatic rings. The van der Waals surface area contributed by atoms with Crippen LogP contribution in [0.2, 0.25) is 0 Å². The van der Waals surface area contributed by atoms with Crippen LogP contribution in [0.4, 0.5) is 0 Å². The molecule has 2 aromatic heterocycles. The fourth-order valence-corrected chi connectivity index (χ4v) is 2.28. The van der Waals surface area contributed by atoms with E-state index in [1.165, 1.54) is 19.2 Å². The van der Waals surface area contributed by atoms with Crippen LogP contribution in [0.5, 0.6) is 11.8 Å². The van der Waals surface area contributed by atoms with Crippen molar-refractivity contribution >= 4 is 5.91 Å². The van der Waals surface area contributed by atoms with Gasteiger partial charge in [-0.25, -0.2) is 5.10 Å². The fraction of sp³-hybridized carbons (Fsp3) is 0.357. The maximum absolute atomic E-state index is 12.3. The van der Waals surface area contributed by atoms with Crippen molar-refractivity contribution in [1.82, 2.24) is 25.3 Å². The summed E-state index contributed by atoms with van der Waals surface area (Å²) in [5, 5.41) is 13.7. The molecule has 1 saturated heterocycles. The molecule has 9 nitrogen and oxygen atoms in total. The van der Waals surface area contributed by atoms with E-state index >= 15 is 0 Å². The number of carbonyl (C=O) groups is 1. The summed E-state index contributed by atoms with van der Waals surface area (Å²) in [6.07, 6.45) is 0.521. The highest BCUT2D eigenvalue weighted by molar-refractivity contribution is 5.92. The van der Waals surface area contributed by atoms with Gasteiger partial charge in [-0.15, -0.1) is 10.2 Å². The molecule has 3 rings (SSSR count). The maximum atomic E-state index is 12.3. The average molecular weight is 317 g/mol. The smallest absolute Gasteiger partial charge is 0.274 e. The summed E-state index contributed by atoms with van der Waals surface area (Å²) >= 11 is 0. The number of nitrogens with zero attached hydrogens (tertiary/aromatic N) is 4. The molecule has 23 heavy (non-hydrogen) atoms. The summed E-state index contributed by atoms with van der Waals surface area (Å²) in [4.78, 5) is 24.9. The van der Waals surface area contributed by atoms with Gasteiger partial charge in [-0.2, -0.15) is 5.10 Å². The Morgan fingerprint density at radius 3 is 2.70 bits per heavy atom. The lowest BCUT2D eigenvalue weighted by Gasteiger charge is -2.16. The van der Waals surface area contributed by atoms with Gasteiger partial charge in [0.15, 0.2) is 0 Å². The van der Waals surface area contributed by atoms with Gasteiger partial charge in [-0.05, 0) is 6.07 Å². The standard InChI is InChI=1S/C14H15N5O4/c1-22-12-4-5-13(18-17-12)23-9-6-7-19(8-9)14(21)10-2-3-11(20)16-15-10/h2-5,9H,6-8H2,1H3,(H,16,20)/t9-/m0/s1. The predicted octanol–water partition coefficient (Wildman–Crippen LogP) is -0.138. The number of amides is 1. The summed E-state index contributed by atoms with van der Waals surface area (Å²) < 4.78 is 10.6. The monoisotopic (exact) mass is 317 g/mol. The van der Waals surface area contributed by atoms with Gasteiger partial charge in [0.05, 0.1) is 13.7 Å². The van der Waals surface area contributed by atoms with Crippen molar-refractivity contribution in [1.29, 1.82) is 0 Å². The van der Waals surface area contributed by atoms with Gasteiger partial charge >= 0.3 is 0 Å². The van der Waals surface area contributed by atoms with Crippen LogP contribution >= 0.6 is 0 Å². The zero-order valence-electron chi connectivity index (χ0n) is 12.4. The highest BCUT2D eigenvalue weighted by Crippen LogP contribution is 2.18. The number of hydrogen-bond acceptors (Lipinski definition) is 7. The number of rotatable bonds is 4. The van der Waals surface area contributed by atoms with Crippen LogP contribution in [0.15, 0.2) is 29.1 Å². The minimum Gasteiger partial charge on any atom is -0.480 e. The van der Waals surface area contributed by atoms with Crippen molar-refractivity contribution < 1.29 is 14.3 Å². The Morgan fingerprint density at radius 2 is 2.04 bits per heavy atom. The fourth-order valence-electron chi connectivity index (χ4n) is 2.28. The summed E-state index contributed by atoms with van der Waals surface area (Å²) in [5.74, 6) is 0.546. The Bertz CT molecular complexity index is 725. The van der Waals surface area contributed by atoms with E-state index in [0.29, 0.717) is 31.3 Å². The van der Waals surface area contributed by atoms with Crippen LogP contribution < -0.4 is 15.0 Å². The van der Waals surface area contributed by atoms with E-state index < -0.39 is 0 Å². The molecule has 1 N–H and O–H groups in total. The van der Waals surface area contributed by atoms with Crippen LogP contribution in [-0.4, -0.2) is 57.5 Å². The highest BCUT2D eigenvalue weighted by atomic mass is 16.5. The number of aromatic nitrogens is 4. The van der Waals surface area contributed by atoms with Crippen LogP contribution in [0.1, 0.15) is 16.9 Å². The molecule has 0 saturated carbocycles. The lowest BCUT2D eigenvalue weighted by Crippen LogP contribution is -2.32. The van der Waals surface area contributed by atoms with Crippen LogP contribution in [0.25, 0.3) is 0 Å². The Hall–Kier alpha value is -2.97. The molecular weight excluding hydrogens is 302 g/mol. The average Bonchev–Trinajstić information content (AvgIpc) is 3.04. The molecule has 1 aliphatic rings. The number of ether oxygens (including phenoxy) is 2. The van der Waals surface area contributed by atoms with Gasteiger partial charge in [0.25, 0.3) is 11.5 Å². The Kier molecular flexibility index (Phi) is 4.18. The first-order chi connectivity index (χ1) is 11.2. The van der Waals surface area contributed by atoms with Crippen LogP contribution in [0, 0.1) is 0 Å². The first-order valence-electron chi connectivity index (χ1n) is 7.05. The molecule has 9 heteroatoms. The molecule has 1 atom stereocenters. The lowest BCUT2D eigenvalue weighted by molar-refractivity contribution is 0.0764. The molecule has 0 unspecified atom stereocenters. The molecule has 0 aliphatic carbocycles. The van der Waals surface area contributed by atoms with Crippen molar-refractivity contribution in [2.45, 2.75) is 12.5 Å². The Balaban J connectivity index is 1.60. The van der Waals surface area contributed by atoms with Crippen molar-refractivity contribution in [2.24, 2.45) is 0 Å². The number of H-pyrrole nitrogens is 1. The minimum absolute atomic E-state index is 0.163. The molecule has 1 amide bonds. The third-order valence-electron chi connectivity index (χ3n) is 3.44. The van der Waals surface area contributed by atoms with E-state index in [1.807, 2.05) is 0 Å². The number of hydrogen-bond donors (Lipinski definition) is 1. The molecule has 0 bridgehead atoms. The molecule has 1 fully saturated rings. The van der Waals surface area contributed by atoms with Gasteiger partial charge in [-0.1, -0.05) is 0 Å². The molecule has 0 radical (unpaired) electrons. The molecule has 120 valence electrons. The predicted molar refractivity (Wildman–Crippen MR) is 78.4 cm³/mol. The van der Waals surface area contributed by atoms with E-state index in [1.54, 1.807) is 17.0 Å². The van der Waals surface area contributed by atoms with E-state index in [2.05, 4.69) is 20.4 Å². The zero-order chi connectivity index (χ0) is 16.2. The van der Waals surface area contributed by atoms with E-state index in [0.717, 1.165) is 0 Å². The van der Waals surface area contributed by atoms with Crippen molar-refractivity contribution in [3.63, 3.8) is 0 Å². The van der Waals surface area contributed by atoms with Gasteiger partial charge < -0.3 is 14.4 Å². The first-order valence-corrected chi connectivity index (χ1v) is 7.05. The number of aromatic amines is 1. The molecule has 3 heterocycles. The number of nitrogens with one attached hydrogen (secondary N) is 1. The second-order valence-electron chi connectivity index (χ2n) is 5.00. The largest absolute Gasteiger partial charge is 0.480 e. The third-order valence-corrected chi connectivity index (χ3v) is 3.44. The quantitative estimate of drug-likeness (QED) is 0.835. The Morgan fingerprint density at radius 1 is 1.26 bits per heavy atom. The van der Waals surface area contributed by atoms with Crippen molar-refractivity contribution in [3.8, 4) is 11.8 Å². The maximum Gasteiger partial charge on any atom is 0.274 e. The van der Waals surface area contributed by atoms with Gasteiger partial charge in [-0.3, -0.25) is 9.59 Å². The van der Waals surface area contributed by atoms with Gasteiger partial charge in [0.1, 0.15) is 11.8 Å². The molecule has 1 aliphatic heterocycles. The zero-order valence-corrected chi connectivity index (χ0v) is 12.4. The number of carbonyl (C=O) groups excluding carboxylic acids is 1. The van der Waals surface area contributed by atoms with Gasteiger partial charge in [0.2, 0.25) is 11.8 Å². The molecule has 0 spiro atoms. The van der Waals surface area contributed by atoms with Crippen LogP contribution in [-0.2, 0) is 0 Å². The topological polar surface area (TPSA) is 110 Å². The SMILES string of the molecule is COc1ccc(O[C@H]2CCN(C(=O)c3ccc(=O)[nH]n3)C2)nn1. The van der Waals surface area contributed by atoms with E-state index in [4.69, 9.17) is 9.47 Å². The van der Waals surface area contributed by atoms with Gasteiger partial charge in [0, 0.05) is 31.2 Å². The highest BCUT2D eigenvalue weighted by Gasteiger charge is 2.29. The van der Waals surface area contributed by atoms with Crippen LogP contribution in [0.3, 0.4) is 0 Å². The summed E-state index contributed by atoms with van der Waals surface area (Å²) in [6, 6.07) is 6.01. The second-order valence-corrected chi connectivity index (χ2v) is 5.00. The summed E-state index contributed by atoms with van der Waals surface area (Å²) in [5.41, 5.74) is -0.142.